The van der Waals surface area contributed by atoms with E-state index in [9.17, 15) is 0 Å². The number of hydrogen-bond donors (Lipinski definition) is 1. The summed E-state index contributed by atoms with van der Waals surface area (Å²) in [5.74, 6) is 0. The van der Waals surface area contributed by atoms with Crippen molar-refractivity contribution in [2.45, 2.75) is 38.4 Å². The molecule has 0 aromatic carbocycles. The first-order valence-corrected chi connectivity index (χ1v) is 4.21. The van der Waals surface area contributed by atoms with E-state index < -0.39 is 0 Å². The van der Waals surface area contributed by atoms with Crippen molar-refractivity contribution in [2.24, 2.45) is 0 Å². The van der Waals surface area contributed by atoms with E-state index in [1.165, 1.54) is 0 Å². The lowest BCUT2D eigenvalue weighted by Gasteiger charge is -2.26. The Morgan fingerprint density at radius 3 is 2.40 bits per heavy atom. The second-order valence-electron chi connectivity index (χ2n) is 3.05. The van der Waals surface area contributed by atoms with E-state index >= 15 is 0 Å². The molecule has 0 spiro atoms. The molecule has 1 fully saturated rings. The third-order valence-corrected chi connectivity index (χ3v) is 2.26. The largest absolute Gasteiger partial charge is 0.352 e. The molecule has 1 saturated heterocycles. The second-order valence-corrected chi connectivity index (χ2v) is 3.49. The molecule has 0 aliphatic carbocycles. The van der Waals surface area contributed by atoms with Gasteiger partial charge >= 0.3 is 0 Å². The zero-order valence-electron chi connectivity index (χ0n) is 6.74. The van der Waals surface area contributed by atoms with Crippen molar-refractivity contribution in [3.05, 3.63) is 0 Å². The molecule has 3 heteroatoms. The van der Waals surface area contributed by atoms with Crippen LogP contribution in [0.1, 0.15) is 20.8 Å². The molecule has 60 valence electrons. The minimum absolute atomic E-state index is 0.00926. The zero-order chi connectivity index (χ0) is 7.72. The van der Waals surface area contributed by atoms with Crippen LogP contribution in [0.4, 0.5) is 0 Å². The van der Waals surface area contributed by atoms with Crippen LogP contribution in [-0.4, -0.2) is 29.2 Å². The molecule has 1 rings (SSSR count). The van der Waals surface area contributed by atoms with Crippen molar-refractivity contribution >= 4 is 12.6 Å². The van der Waals surface area contributed by atoms with Crippen LogP contribution >= 0.6 is 12.6 Å². The van der Waals surface area contributed by atoms with Crippen molar-refractivity contribution in [3.8, 4) is 0 Å². The third kappa shape index (κ3) is 1.47. The Kier molecular flexibility index (Phi) is 2.61. The quantitative estimate of drug-likeness (QED) is 0.582. The van der Waals surface area contributed by atoms with Crippen molar-refractivity contribution in [3.63, 3.8) is 0 Å². The smallest absolute Gasteiger partial charge is 0.156 e. The van der Waals surface area contributed by atoms with E-state index in [0.29, 0.717) is 12.1 Å². The van der Waals surface area contributed by atoms with Crippen molar-refractivity contribution in [2.75, 3.05) is 6.61 Å². The summed E-state index contributed by atoms with van der Waals surface area (Å²) >= 11 is 4.29. The van der Waals surface area contributed by atoms with Gasteiger partial charge in [-0.1, -0.05) is 0 Å². The van der Waals surface area contributed by atoms with Gasteiger partial charge in [0.2, 0.25) is 0 Å². The average Bonchev–Trinajstić information content (AvgIpc) is 2.11. The maximum absolute atomic E-state index is 5.33. The van der Waals surface area contributed by atoms with Crippen molar-refractivity contribution in [1.82, 2.24) is 4.90 Å². The summed E-state index contributed by atoms with van der Waals surface area (Å²) in [5.41, 5.74) is 0.00926. The summed E-state index contributed by atoms with van der Waals surface area (Å²) in [6.45, 7) is 7.30. The summed E-state index contributed by atoms with van der Waals surface area (Å²) < 4.78 is 5.33. The Bertz CT molecular complexity index is 108. The lowest BCUT2D eigenvalue weighted by molar-refractivity contribution is 0.0892. The van der Waals surface area contributed by atoms with E-state index in [-0.39, 0.29) is 5.56 Å². The number of rotatable bonds is 1. The zero-order valence-corrected chi connectivity index (χ0v) is 7.64. The first kappa shape index (κ1) is 8.37. The number of thiol groups is 1. The average molecular weight is 161 g/mol. The molecule has 1 aliphatic rings. The summed E-state index contributed by atoms with van der Waals surface area (Å²) in [7, 11) is 0. The molecule has 1 unspecified atom stereocenters. The molecule has 0 amide bonds. The monoisotopic (exact) mass is 161 g/mol. The second kappa shape index (κ2) is 3.11. The van der Waals surface area contributed by atoms with Crippen LogP contribution in [0.15, 0.2) is 0 Å². The Balaban J connectivity index is 2.54. The van der Waals surface area contributed by atoms with Crippen LogP contribution in [0.3, 0.4) is 0 Å². The Hall–Kier alpha value is 0.270. The fourth-order valence-corrected chi connectivity index (χ4v) is 1.96. The lowest BCUT2D eigenvalue weighted by atomic mass is 10.2. The predicted octanol–water partition coefficient (Wildman–Crippen LogP) is 1.33. The van der Waals surface area contributed by atoms with Gasteiger partial charge < -0.3 is 4.74 Å². The van der Waals surface area contributed by atoms with Gasteiger partial charge in [-0.25, -0.2) is 0 Å². The van der Waals surface area contributed by atoms with Gasteiger partial charge in [0.15, 0.2) is 5.56 Å². The molecule has 1 aliphatic heterocycles. The molecule has 0 radical (unpaired) electrons. The number of nitrogens with zero attached hydrogens (tertiary/aromatic N) is 1. The lowest BCUT2D eigenvalue weighted by Crippen LogP contribution is -2.38. The molecule has 0 saturated carbocycles. The van der Waals surface area contributed by atoms with E-state index in [4.69, 9.17) is 4.74 Å². The summed E-state index contributed by atoms with van der Waals surface area (Å²) in [5, 5.41) is 0. The fraction of sp³-hybridized carbons (Fsp3) is 1.00. The SMILES string of the molecule is CC(C)N1C(S)OC[C@@H]1C. The van der Waals surface area contributed by atoms with Gasteiger partial charge in [0, 0.05) is 12.1 Å². The Morgan fingerprint density at radius 2 is 2.20 bits per heavy atom. The van der Waals surface area contributed by atoms with Crippen molar-refractivity contribution in [1.29, 1.82) is 0 Å². The van der Waals surface area contributed by atoms with Gasteiger partial charge in [-0.3, -0.25) is 4.90 Å². The van der Waals surface area contributed by atoms with Crippen LogP contribution in [0, 0.1) is 0 Å². The van der Waals surface area contributed by atoms with Gasteiger partial charge in [0.1, 0.15) is 0 Å². The van der Waals surface area contributed by atoms with Crippen LogP contribution in [0.25, 0.3) is 0 Å². The van der Waals surface area contributed by atoms with E-state index in [1.54, 1.807) is 0 Å². The Labute approximate surface area is 68.0 Å². The maximum Gasteiger partial charge on any atom is 0.156 e. The molecule has 2 nitrogen and oxygen atoms in total. The van der Waals surface area contributed by atoms with Gasteiger partial charge in [-0.15, -0.1) is 12.6 Å². The molecule has 10 heavy (non-hydrogen) atoms. The molecular weight excluding hydrogens is 146 g/mol. The van der Waals surface area contributed by atoms with Gasteiger partial charge in [0.25, 0.3) is 0 Å². The highest BCUT2D eigenvalue weighted by Gasteiger charge is 2.30. The fourth-order valence-electron chi connectivity index (χ4n) is 1.38. The first-order valence-electron chi connectivity index (χ1n) is 3.70. The topological polar surface area (TPSA) is 12.5 Å². The summed E-state index contributed by atoms with van der Waals surface area (Å²) in [6, 6.07) is 1.04. The molecule has 0 aromatic heterocycles. The van der Waals surface area contributed by atoms with Gasteiger partial charge in [-0.2, -0.15) is 0 Å². The molecule has 2 atom stereocenters. The number of hydrogen-bond acceptors (Lipinski definition) is 3. The van der Waals surface area contributed by atoms with Crippen LogP contribution < -0.4 is 0 Å². The minimum Gasteiger partial charge on any atom is -0.352 e. The molecule has 0 aromatic rings. The first-order chi connectivity index (χ1) is 4.63. The summed E-state index contributed by atoms with van der Waals surface area (Å²) in [6.07, 6.45) is 0. The molecule has 0 bridgehead atoms. The predicted molar refractivity (Wildman–Crippen MR) is 45.2 cm³/mol. The van der Waals surface area contributed by atoms with Crippen LogP contribution in [-0.2, 0) is 4.74 Å². The van der Waals surface area contributed by atoms with E-state index in [1.807, 2.05) is 0 Å². The molecule has 0 N–H and O–H groups in total. The molecule has 1 heterocycles. The van der Waals surface area contributed by atoms with Crippen LogP contribution in [0.5, 0.6) is 0 Å². The maximum atomic E-state index is 5.33. The molecular formula is C7H15NOS. The highest BCUT2D eigenvalue weighted by molar-refractivity contribution is 7.80. The third-order valence-electron chi connectivity index (χ3n) is 1.85. The number of ether oxygens (including phenoxy) is 1. The van der Waals surface area contributed by atoms with E-state index in [0.717, 1.165) is 6.61 Å². The van der Waals surface area contributed by atoms with Gasteiger partial charge in [0.05, 0.1) is 6.61 Å². The highest BCUT2D eigenvalue weighted by Crippen LogP contribution is 2.21. The van der Waals surface area contributed by atoms with Crippen molar-refractivity contribution < 1.29 is 4.74 Å². The normalized spacial score (nSPS) is 35.7. The Morgan fingerprint density at radius 1 is 1.60 bits per heavy atom. The highest BCUT2D eigenvalue weighted by atomic mass is 32.1. The standard InChI is InChI=1S/C7H15NOS/c1-5(2)8-6(3)4-9-7(8)10/h5-7,10H,4H2,1-3H3/t6-,7?/m0/s1. The van der Waals surface area contributed by atoms with Gasteiger partial charge in [-0.05, 0) is 20.8 Å². The van der Waals surface area contributed by atoms with Crippen LogP contribution in [0.2, 0.25) is 0 Å². The minimum atomic E-state index is 0.00926. The van der Waals surface area contributed by atoms with E-state index in [2.05, 4.69) is 38.3 Å². The summed E-state index contributed by atoms with van der Waals surface area (Å²) in [4.78, 5) is 2.25.